The minimum atomic E-state index is 0.791. The molecule has 0 aromatic carbocycles. The van der Waals surface area contributed by atoms with Crippen molar-refractivity contribution in [2.45, 2.75) is 25.7 Å². The van der Waals surface area contributed by atoms with Gasteiger partial charge in [0, 0.05) is 40.0 Å². The molecule has 1 fully saturated rings. The Kier molecular flexibility index (Phi) is 7.83. The van der Waals surface area contributed by atoms with Gasteiger partial charge in [-0.2, -0.15) is 0 Å². The molecule has 90 valence electrons. The van der Waals surface area contributed by atoms with E-state index in [0.29, 0.717) is 0 Å². The summed E-state index contributed by atoms with van der Waals surface area (Å²) in [5.41, 5.74) is 3.39. The fourth-order valence-electron chi connectivity index (χ4n) is 1.74. The average molecular weight is 216 g/mol. The van der Waals surface area contributed by atoms with Crippen molar-refractivity contribution in [3.63, 3.8) is 0 Å². The zero-order chi connectivity index (χ0) is 10.8. The molecule has 0 aliphatic carbocycles. The van der Waals surface area contributed by atoms with Gasteiger partial charge in [-0.1, -0.05) is 6.42 Å². The van der Waals surface area contributed by atoms with E-state index in [2.05, 4.69) is 10.4 Å². The van der Waals surface area contributed by atoms with Crippen molar-refractivity contribution in [1.29, 1.82) is 0 Å². The molecule has 0 aromatic rings. The fraction of sp³-hybridized carbons (Fsp3) is 1.00. The van der Waals surface area contributed by atoms with Crippen LogP contribution in [0, 0.1) is 0 Å². The van der Waals surface area contributed by atoms with Crippen LogP contribution < -0.4 is 5.43 Å². The summed E-state index contributed by atoms with van der Waals surface area (Å²) in [5, 5.41) is 2.31. The molecule has 1 N–H and O–H groups in total. The summed E-state index contributed by atoms with van der Waals surface area (Å²) in [4.78, 5) is 0. The van der Waals surface area contributed by atoms with Crippen LogP contribution in [0.15, 0.2) is 0 Å². The first-order valence-corrected chi connectivity index (χ1v) is 5.98. The predicted molar refractivity (Wildman–Crippen MR) is 60.7 cm³/mol. The largest absolute Gasteiger partial charge is 0.385 e. The Bertz CT molecular complexity index is 139. The Morgan fingerprint density at radius 2 is 1.87 bits per heavy atom. The molecule has 4 heteroatoms. The van der Waals surface area contributed by atoms with Crippen LogP contribution in [-0.4, -0.2) is 51.6 Å². The molecule has 0 radical (unpaired) electrons. The Morgan fingerprint density at radius 3 is 2.60 bits per heavy atom. The third kappa shape index (κ3) is 6.84. The summed E-state index contributed by atoms with van der Waals surface area (Å²) >= 11 is 0. The maximum absolute atomic E-state index is 5.46. The molecule has 15 heavy (non-hydrogen) atoms. The van der Waals surface area contributed by atoms with Gasteiger partial charge in [0.15, 0.2) is 0 Å². The van der Waals surface area contributed by atoms with Crippen LogP contribution in [0.1, 0.15) is 25.7 Å². The molecular weight excluding hydrogens is 192 g/mol. The molecule has 0 amide bonds. The summed E-state index contributed by atoms with van der Waals surface area (Å²) in [6.07, 6.45) is 5.01. The van der Waals surface area contributed by atoms with Gasteiger partial charge < -0.3 is 9.47 Å². The molecule has 0 unspecified atom stereocenters. The normalized spacial score (nSPS) is 18.2. The van der Waals surface area contributed by atoms with Crippen molar-refractivity contribution >= 4 is 0 Å². The van der Waals surface area contributed by atoms with E-state index < -0.39 is 0 Å². The Balaban J connectivity index is 1.79. The van der Waals surface area contributed by atoms with Crippen molar-refractivity contribution in [3.8, 4) is 0 Å². The smallest absolute Gasteiger partial charge is 0.0604 e. The molecule has 1 heterocycles. The standard InChI is InChI=1S/C11H24N2O2/c1-14-9-5-10-15-11-6-12-13-7-3-2-4-8-13/h12H,2-11H2,1H3. The topological polar surface area (TPSA) is 33.7 Å². The molecule has 0 spiro atoms. The van der Waals surface area contributed by atoms with Crippen molar-refractivity contribution in [3.05, 3.63) is 0 Å². The van der Waals surface area contributed by atoms with E-state index in [1.807, 2.05) is 0 Å². The van der Waals surface area contributed by atoms with Gasteiger partial charge in [-0.25, -0.2) is 5.01 Å². The summed E-state index contributed by atoms with van der Waals surface area (Å²) in [6, 6.07) is 0. The highest BCUT2D eigenvalue weighted by molar-refractivity contribution is 4.60. The lowest BCUT2D eigenvalue weighted by molar-refractivity contribution is 0.0816. The molecule has 0 saturated carbocycles. The maximum Gasteiger partial charge on any atom is 0.0604 e. The van der Waals surface area contributed by atoms with Crippen LogP contribution in [-0.2, 0) is 9.47 Å². The number of hydrogen-bond acceptors (Lipinski definition) is 4. The predicted octanol–water partition coefficient (Wildman–Crippen LogP) is 1.03. The lowest BCUT2D eigenvalue weighted by Gasteiger charge is -2.26. The molecule has 1 aliphatic rings. The molecule has 0 atom stereocenters. The van der Waals surface area contributed by atoms with Crippen LogP contribution in [0.4, 0.5) is 0 Å². The monoisotopic (exact) mass is 216 g/mol. The lowest BCUT2D eigenvalue weighted by atomic mass is 10.2. The first-order chi connectivity index (χ1) is 7.43. The summed E-state index contributed by atoms with van der Waals surface area (Å²) in [5.74, 6) is 0. The van der Waals surface area contributed by atoms with Gasteiger partial charge in [0.1, 0.15) is 0 Å². The van der Waals surface area contributed by atoms with Gasteiger partial charge >= 0.3 is 0 Å². The van der Waals surface area contributed by atoms with Crippen LogP contribution in [0.2, 0.25) is 0 Å². The number of rotatable bonds is 8. The van der Waals surface area contributed by atoms with Crippen LogP contribution >= 0.6 is 0 Å². The molecule has 0 aromatic heterocycles. The van der Waals surface area contributed by atoms with E-state index in [1.54, 1.807) is 7.11 Å². The number of hydrogen-bond donors (Lipinski definition) is 1. The minimum absolute atomic E-state index is 0.791. The minimum Gasteiger partial charge on any atom is -0.385 e. The van der Waals surface area contributed by atoms with Gasteiger partial charge in [-0.05, 0) is 19.3 Å². The van der Waals surface area contributed by atoms with E-state index in [9.17, 15) is 0 Å². The zero-order valence-electron chi connectivity index (χ0n) is 9.83. The molecule has 1 aliphatic heterocycles. The number of methoxy groups -OCH3 is 1. The van der Waals surface area contributed by atoms with Gasteiger partial charge in [-0.15, -0.1) is 0 Å². The van der Waals surface area contributed by atoms with Crippen LogP contribution in [0.3, 0.4) is 0 Å². The number of hydrazine groups is 1. The molecule has 1 rings (SSSR count). The SMILES string of the molecule is COCCCOCCNN1CCCCC1. The summed E-state index contributed by atoms with van der Waals surface area (Å²) in [6.45, 7) is 5.68. The van der Waals surface area contributed by atoms with Crippen LogP contribution in [0.5, 0.6) is 0 Å². The number of nitrogens with zero attached hydrogens (tertiary/aromatic N) is 1. The summed E-state index contributed by atoms with van der Waals surface area (Å²) in [7, 11) is 1.72. The Hall–Kier alpha value is -0.160. The highest BCUT2D eigenvalue weighted by Crippen LogP contribution is 2.05. The number of piperidine rings is 1. The van der Waals surface area contributed by atoms with Gasteiger partial charge in [0.05, 0.1) is 6.61 Å². The van der Waals surface area contributed by atoms with E-state index in [1.165, 1.54) is 32.4 Å². The fourth-order valence-corrected chi connectivity index (χ4v) is 1.74. The van der Waals surface area contributed by atoms with E-state index in [4.69, 9.17) is 9.47 Å². The Morgan fingerprint density at radius 1 is 1.07 bits per heavy atom. The van der Waals surface area contributed by atoms with Crippen molar-refractivity contribution < 1.29 is 9.47 Å². The third-order valence-electron chi connectivity index (χ3n) is 2.58. The lowest BCUT2D eigenvalue weighted by Crippen LogP contribution is -2.43. The maximum atomic E-state index is 5.46. The number of ether oxygens (including phenoxy) is 2. The summed E-state index contributed by atoms with van der Waals surface area (Å²) < 4.78 is 10.4. The molecular formula is C11H24N2O2. The van der Waals surface area contributed by atoms with E-state index >= 15 is 0 Å². The second-order valence-electron chi connectivity index (χ2n) is 3.91. The highest BCUT2D eigenvalue weighted by atomic mass is 16.5. The first kappa shape index (κ1) is 12.9. The second-order valence-corrected chi connectivity index (χ2v) is 3.91. The van der Waals surface area contributed by atoms with E-state index in [-0.39, 0.29) is 0 Å². The van der Waals surface area contributed by atoms with Gasteiger partial charge in [-0.3, -0.25) is 5.43 Å². The molecule has 1 saturated heterocycles. The Labute approximate surface area is 92.9 Å². The van der Waals surface area contributed by atoms with Crippen molar-refractivity contribution in [1.82, 2.24) is 10.4 Å². The average Bonchev–Trinajstić information content (AvgIpc) is 2.29. The van der Waals surface area contributed by atoms with Crippen molar-refractivity contribution in [2.75, 3.05) is 46.6 Å². The highest BCUT2D eigenvalue weighted by Gasteiger charge is 2.07. The van der Waals surface area contributed by atoms with E-state index in [0.717, 1.165) is 32.8 Å². The third-order valence-corrected chi connectivity index (χ3v) is 2.58. The first-order valence-electron chi connectivity index (χ1n) is 5.98. The molecule has 0 bridgehead atoms. The van der Waals surface area contributed by atoms with Crippen molar-refractivity contribution in [2.24, 2.45) is 0 Å². The van der Waals surface area contributed by atoms with Gasteiger partial charge in [0.25, 0.3) is 0 Å². The quantitative estimate of drug-likeness (QED) is 0.614. The second kappa shape index (κ2) is 9.09. The zero-order valence-corrected chi connectivity index (χ0v) is 9.83. The van der Waals surface area contributed by atoms with Crippen LogP contribution in [0.25, 0.3) is 0 Å². The van der Waals surface area contributed by atoms with Gasteiger partial charge in [0.2, 0.25) is 0 Å². The number of nitrogens with one attached hydrogen (secondary N) is 1. The molecule has 4 nitrogen and oxygen atoms in total.